The zero-order chi connectivity index (χ0) is 31.1. The smallest absolute Gasteiger partial charge is 0.0666 e. The van der Waals surface area contributed by atoms with E-state index >= 15 is 0 Å². The second-order valence-electron chi connectivity index (χ2n) is 13.9. The van der Waals surface area contributed by atoms with Crippen molar-refractivity contribution in [1.29, 1.82) is 0 Å². The number of benzene rings is 8. The van der Waals surface area contributed by atoms with Crippen LogP contribution in [0.25, 0.3) is 66.4 Å². The third-order valence-electron chi connectivity index (χ3n) is 11.9. The Labute approximate surface area is 280 Å². The van der Waals surface area contributed by atoms with Crippen molar-refractivity contribution in [3.05, 3.63) is 186 Å². The third kappa shape index (κ3) is 2.83. The van der Waals surface area contributed by atoms with Gasteiger partial charge >= 0.3 is 0 Å². The fourth-order valence-corrected chi connectivity index (χ4v) is 10.2. The van der Waals surface area contributed by atoms with Crippen LogP contribution < -0.4 is 16.4 Å². The highest BCUT2D eigenvalue weighted by atomic mass is 14.5. The molecule has 1 atom stereocenters. The van der Waals surface area contributed by atoms with Gasteiger partial charge in [-0.25, -0.2) is 0 Å². The maximum atomic E-state index is 2.47. The Morgan fingerprint density at radius 2 is 0.917 bits per heavy atom. The van der Waals surface area contributed by atoms with Gasteiger partial charge in [-0.05, 0) is 101 Å². The van der Waals surface area contributed by atoms with E-state index in [1.54, 1.807) is 0 Å². The van der Waals surface area contributed by atoms with Crippen LogP contribution in [0.5, 0.6) is 0 Å². The Bertz CT molecular complexity index is 2740. The summed E-state index contributed by atoms with van der Waals surface area (Å²) < 4.78 is 0. The quantitative estimate of drug-likeness (QED) is 0.164. The van der Waals surface area contributed by atoms with Crippen LogP contribution in [-0.4, -0.2) is 6.71 Å². The average Bonchev–Trinajstić information content (AvgIpc) is 3.77. The average molecular weight is 603 g/mol. The summed E-state index contributed by atoms with van der Waals surface area (Å²) in [5.41, 5.74) is 22.9. The molecule has 8 aromatic rings. The topological polar surface area (TPSA) is 0 Å². The van der Waals surface area contributed by atoms with E-state index in [9.17, 15) is 0 Å². The number of hydrogen-bond donors (Lipinski definition) is 0. The van der Waals surface area contributed by atoms with Crippen molar-refractivity contribution >= 4 is 33.9 Å². The molecule has 0 amide bonds. The van der Waals surface area contributed by atoms with Crippen LogP contribution in [0, 0.1) is 0 Å². The van der Waals surface area contributed by atoms with Crippen molar-refractivity contribution in [2.24, 2.45) is 0 Å². The van der Waals surface area contributed by atoms with Crippen molar-refractivity contribution in [3.63, 3.8) is 0 Å². The van der Waals surface area contributed by atoms with Gasteiger partial charge in [0.1, 0.15) is 0 Å². The standard InChI is InChI=1S/C47H27B/c1-3-17-39-32(12-1)38-27-30(29-22-24-31-34-14-7-10-28-11-8-15-35(45(28)34)37(31)26-29)23-25-40(38)47(39)41-18-4-6-21-44(41)48-43-20-5-2-13-33(43)36-16-9-19-42(47)46(36)48/h1-27H. The highest BCUT2D eigenvalue weighted by Gasteiger charge is 2.54. The summed E-state index contributed by atoms with van der Waals surface area (Å²) in [6.45, 7) is 0.254. The van der Waals surface area contributed by atoms with Gasteiger partial charge in [0.15, 0.2) is 0 Å². The van der Waals surface area contributed by atoms with Gasteiger partial charge in [-0.3, -0.25) is 0 Å². The van der Waals surface area contributed by atoms with Crippen molar-refractivity contribution in [3.8, 4) is 55.6 Å². The highest BCUT2D eigenvalue weighted by molar-refractivity contribution is 7.00. The van der Waals surface area contributed by atoms with Crippen molar-refractivity contribution in [2.75, 3.05) is 0 Å². The fraction of sp³-hybridized carbons (Fsp3) is 0.0213. The van der Waals surface area contributed by atoms with Gasteiger partial charge in [-0.1, -0.05) is 168 Å². The molecule has 0 aromatic heterocycles. The van der Waals surface area contributed by atoms with Gasteiger partial charge in [0.25, 0.3) is 0 Å². The lowest BCUT2D eigenvalue weighted by Crippen LogP contribution is -2.59. The van der Waals surface area contributed by atoms with Crippen LogP contribution >= 0.6 is 0 Å². The van der Waals surface area contributed by atoms with Crippen molar-refractivity contribution in [1.82, 2.24) is 0 Å². The van der Waals surface area contributed by atoms with Crippen LogP contribution in [0.2, 0.25) is 0 Å². The largest absolute Gasteiger partial charge is 0.243 e. The molecule has 0 N–H and O–H groups in total. The molecular weight excluding hydrogens is 575 g/mol. The molecule has 1 unspecified atom stereocenters. The van der Waals surface area contributed by atoms with Gasteiger partial charge < -0.3 is 0 Å². The normalized spacial score (nSPS) is 16.4. The van der Waals surface area contributed by atoms with Gasteiger partial charge in [0.2, 0.25) is 6.71 Å². The fourth-order valence-electron chi connectivity index (χ4n) is 10.2. The molecule has 0 radical (unpaired) electrons. The Morgan fingerprint density at radius 1 is 0.333 bits per heavy atom. The first-order valence-corrected chi connectivity index (χ1v) is 17.1. The lowest BCUT2D eigenvalue weighted by Gasteiger charge is -2.42. The lowest BCUT2D eigenvalue weighted by atomic mass is 9.32. The molecule has 48 heavy (non-hydrogen) atoms. The minimum Gasteiger partial charge on any atom is -0.0666 e. The minimum atomic E-state index is -0.375. The number of hydrogen-bond acceptors (Lipinski definition) is 0. The lowest BCUT2D eigenvalue weighted by molar-refractivity contribution is 0.775. The molecule has 2 heterocycles. The maximum Gasteiger partial charge on any atom is 0.243 e. The van der Waals surface area contributed by atoms with E-state index in [4.69, 9.17) is 0 Å². The zero-order valence-corrected chi connectivity index (χ0v) is 26.2. The van der Waals surface area contributed by atoms with E-state index in [-0.39, 0.29) is 12.1 Å². The molecule has 2 aliphatic carbocycles. The van der Waals surface area contributed by atoms with E-state index in [0.29, 0.717) is 0 Å². The third-order valence-corrected chi connectivity index (χ3v) is 11.9. The predicted molar refractivity (Wildman–Crippen MR) is 201 cm³/mol. The van der Waals surface area contributed by atoms with Gasteiger partial charge in [-0.2, -0.15) is 0 Å². The molecule has 1 heteroatoms. The summed E-state index contributed by atoms with van der Waals surface area (Å²) >= 11 is 0. The van der Waals surface area contributed by atoms with Crippen LogP contribution in [-0.2, 0) is 5.41 Å². The second-order valence-corrected chi connectivity index (χ2v) is 13.9. The van der Waals surface area contributed by atoms with Crippen molar-refractivity contribution in [2.45, 2.75) is 5.41 Å². The summed E-state index contributed by atoms with van der Waals surface area (Å²) in [4.78, 5) is 0. The Hall–Kier alpha value is -5.92. The van der Waals surface area contributed by atoms with Crippen LogP contribution in [0.15, 0.2) is 164 Å². The number of fused-ring (bicyclic) bond motifs is 15. The van der Waals surface area contributed by atoms with E-state index in [2.05, 4.69) is 164 Å². The molecular formula is C47H27B. The van der Waals surface area contributed by atoms with Crippen LogP contribution in [0.4, 0.5) is 0 Å². The summed E-state index contributed by atoms with van der Waals surface area (Å²) in [6, 6.07) is 62.4. The second kappa shape index (κ2) is 8.70. The summed E-state index contributed by atoms with van der Waals surface area (Å²) in [6.07, 6.45) is 0. The molecule has 0 bridgehead atoms. The Balaban J connectivity index is 1.12. The molecule has 12 rings (SSSR count). The first kappa shape index (κ1) is 25.2. The molecule has 218 valence electrons. The highest BCUT2D eigenvalue weighted by Crippen LogP contribution is 2.58. The monoisotopic (exact) mass is 602 g/mol. The SMILES string of the molecule is c1ccc2c(c1)B1c3ccccc3C3(c4ccccc4-c4cc(-c5ccc6c(c5)-c5cccc7cccc-6c57)ccc43)c3cccc-2c31. The molecule has 2 aliphatic heterocycles. The van der Waals surface area contributed by atoms with E-state index in [1.807, 2.05) is 0 Å². The maximum absolute atomic E-state index is 2.47. The summed E-state index contributed by atoms with van der Waals surface area (Å²) in [5.74, 6) is 0. The minimum absolute atomic E-state index is 0.254. The molecule has 0 saturated carbocycles. The van der Waals surface area contributed by atoms with E-state index in [0.717, 1.165) is 0 Å². The first-order chi connectivity index (χ1) is 23.8. The van der Waals surface area contributed by atoms with Gasteiger partial charge in [0, 0.05) is 0 Å². The van der Waals surface area contributed by atoms with Crippen molar-refractivity contribution < 1.29 is 0 Å². The molecule has 1 spiro atoms. The predicted octanol–water partition coefficient (Wildman–Crippen LogP) is 9.33. The van der Waals surface area contributed by atoms with Crippen LogP contribution in [0.3, 0.4) is 0 Å². The molecule has 0 fully saturated rings. The molecule has 8 aromatic carbocycles. The summed E-state index contributed by atoms with van der Waals surface area (Å²) in [7, 11) is 0. The molecule has 4 aliphatic rings. The Kier molecular flexibility index (Phi) is 4.57. The summed E-state index contributed by atoms with van der Waals surface area (Å²) in [5, 5.41) is 2.69. The van der Waals surface area contributed by atoms with Gasteiger partial charge in [-0.15, -0.1) is 0 Å². The first-order valence-electron chi connectivity index (χ1n) is 17.1. The number of rotatable bonds is 1. The van der Waals surface area contributed by atoms with Gasteiger partial charge in [0.05, 0.1) is 5.41 Å². The van der Waals surface area contributed by atoms with E-state index in [1.165, 1.54) is 105 Å². The van der Waals surface area contributed by atoms with E-state index < -0.39 is 0 Å². The zero-order valence-electron chi connectivity index (χ0n) is 26.2. The Morgan fingerprint density at radius 3 is 1.77 bits per heavy atom. The van der Waals surface area contributed by atoms with Crippen LogP contribution in [0.1, 0.15) is 22.3 Å². The molecule has 0 nitrogen and oxygen atoms in total. The molecule has 0 saturated heterocycles.